The van der Waals surface area contributed by atoms with Gasteiger partial charge in [-0.15, -0.1) is 0 Å². The summed E-state index contributed by atoms with van der Waals surface area (Å²) in [6, 6.07) is 17.2. The number of rotatable bonds is 3. The average molecular weight is 693 g/mol. The zero-order valence-corrected chi connectivity index (χ0v) is 28.7. The summed E-state index contributed by atoms with van der Waals surface area (Å²) >= 11 is 0. The highest BCUT2D eigenvalue weighted by molar-refractivity contribution is 6.07. The third-order valence-electron chi connectivity index (χ3n) is 11.9. The molecule has 11 nitrogen and oxygen atoms in total. The largest absolute Gasteiger partial charge is 0.469 e. The van der Waals surface area contributed by atoms with E-state index >= 15 is 0 Å². The number of nitrogens with one attached hydrogen (secondary N) is 4. The summed E-state index contributed by atoms with van der Waals surface area (Å²) in [5, 5.41) is 11.2. The first kappa shape index (κ1) is 29.8. The van der Waals surface area contributed by atoms with Gasteiger partial charge in [0, 0.05) is 57.4 Å². The summed E-state index contributed by atoms with van der Waals surface area (Å²) in [6.07, 6.45) is 7.14. The van der Waals surface area contributed by atoms with Gasteiger partial charge in [0.05, 0.1) is 6.20 Å². The monoisotopic (exact) mass is 692 g/mol. The molecule has 2 amide bonds. The lowest BCUT2D eigenvalue weighted by Gasteiger charge is -2.29. The summed E-state index contributed by atoms with van der Waals surface area (Å²) < 4.78 is 20.5. The summed E-state index contributed by atoms with van der Waals surface area (Å²) in [4.78, 5) is 41.2. The molecule has 3 aromatic heterocycles. The molecule has 4 N–H and O–H groups in total. The van der Waals surface area contributed by atoms with E-state index in [-0.39, 0.29) is 23.7 Å². The van der Waals surface area contributed by atoms with E-state index in [4.69, 9.17) is 23.5 Å². The maximum atomic E-state index is 14.2. The van der Waals surface area contributed by atoms with Gasteiger partial charge in [0.25, 0.3) is 0 Å². The number of aromatic nitrogens is 3. The van der Waals surface area contributed by atoms with Crippen molar-refractivity contribution in [3.8, 4) is 39.8 Å². The van der Waals surface area contributed by atoms with Crippen LogP contribution in [0.2, 0.25) is 0 Å². The number of nitrogens with zero attached hydrogens (tertiary/aromatic N) is 2. The van der Waals surface area contributed by atoms with Crippen LogP contribution in [-0.2, 0) is 21.4 Å². The minimum absolute atomic E-state index is 0.0700. The Morgan fingerprint density at radius 3 is 2.69 bits per heavy atom. The minimum atomic E-state index is -1.01. The molecule has 4 aliphatic heterocycles. The minimum Gasteiger partial charge on any atom is -0.469 e. The van der Waals surface area contributed by atoms with Gasteiger partial charge in [-0.2, -0.15) is 0 Å². The maximum Gasteiger partial charge on any atom is 0.249 e. The van der Waals surface area contributed by atoms with Crippen molar-refractivity contribution < 1.29 is 23.2 Å². The number of aromatic amines is 1. The number of fused-ring (bicyclic) bond motifs is 7. The summed E-state index contributed by atoms with van der Waals surface area (Å²) in [6.45, 7) is 4.04. The third-order valence-corrected chi connectivity index (χ3v) is 11.9. The Bertz CT molecular complexity index is 2490. The molecule has 0 radical (unpaired) electrons. The molecule has 11 heteroatoms. The second kappa shape index (κ2) is 10.6. The van der Waals surface area contributed by atoms with E-state index in [1.165, 1.54) is 0 Å². The first-order chi connectivity index (χ1) is 25.4. The number of para-hydroxylation sites is 1. The van der Waals surface area contributed by atoms with Crippen LogP contribution in [0, 0.1) is 11.8 Å². The first-order valence-corrected chi connectivity index (χ1v) is 18.3. The molecular weight excluding hydrogens is 656 g/mol. The second-order valence-electron chi connectivity index (χ2n) is 15.2. The van der Waals surface area contributed by atoms with Crippen molar-refractivity contribution >= 4 is 28.4 Å². The molecule has 1 spiro atoms. The topological polar surface area (TPSA) is 147 Å². The highest BCUT2D eigenvalue weighted by atomic mass is 16.5. The fourth-order valence-electron chi connectivity index (χ4n) is 9.33. The third kappa shape index (κ3) is 3.96. The zero-order valence-electron chi connectivity index (χ0n) is 28.7. The van der Waals surface area contributed by atoms with Crippen LogP contribution in [0.4, 0.5) is 5.69 Å². The standard InChI is InChI=1S/C41H36N6O5/c1-19(2)32-39-46-34-35(52-39)41-25-11-5-10-23(22-9-6-12-27-31(22)24(17-42-27)30-18-43-38(34)50-30)33(25)47-40(41)51-29-14-13-20(15-26(29)41)16-28(37(49)45-32)44-36(48)21-7-3-4-8-21/h5-6,9-15,17-19,21,28,32,40,42,47H,3-4,7-8,16H2,1-2H3,(H,44,48)(H,45,49)/t28-,32?,40?,41?/m0/s1. The number of anilines is 1. The van der Waals surface area contributed by atoms with Gasteiger partial charge >= 0.3 is 0 Å². The molecule has 1 fully saturated rings. The van der Waals surface area contributed by atoms with Gasteiger partial charge in [-0.05, 0) is 42.0 Å². The van der Waals surface area contributed by atoms with Crippen molar-refractivity contribution in [2.45, 2.75) is 69.7 Å². The van der Waals surface area contributed by atoms with Gasteiger partial charge in [0.2, 0.25) is 23.6 Å². The number of benzene rings is 3. The molecule has 3 aromatic carbocycles. The van der Waals surface area contributed by atoms with Gasteiger partial charge in [-0.1, -0.05) is 69.2 Å². The van der Waals surface area contributed by atoms with Crippen LogP contribution in [0.25, 0.3) is 44.9 Å². The molecular formula is C41H36N6O5. The highest BCUT2D eigenvalue weighted by Gasteiger charge is 2.61. The normalized spacial score (nSPS) is 23.8. The molecule has 11 rings (SSSR count). The molecule has 0 saturated heterocycles. The molecule has 4 atom stereocenters. The Kier molecular flexibility index (Phi) is 6.08. The quantitative estimate of drug-likeness (QED) is 0.155. The van der Waals surface area contributed by atoms with E-state index in [0.717, 1.165) is 75.7 Å². The Morgan fingerprint density at radius 1 is 0.981 bits per heavy atom. The lowest BCUT2D eigenvalue weighted by atomic mass is 9.72. The smallest absolute Gasteiger partial charge is 0.249 e. The molecule has 7 heterocycles. The Labute approximate surface area is 298 Å². The Hall–Kier alpha value is -5.84. The number of H-pyrrole nitrogens is 1. The van der Waals surface area contributed by atoms with Gasteiger partial charge in [-0.25, -0.2) is 9.97 Å². The fourth-order valence-corrected chi connectivity index (χ4v) is 9.33. The molecule has 10 bridgehead atoms. The Balaban J connectivity index is 1.20. The van der Waals surface area contributed by atoms with Crippen LogP contribution in [0.3, 0.4) is 0 Å². The van der Waals surface area contributed by atoms with E-state index in [2.05, 4.69) is 63.4 Å². The number of oxazole rings is 2. The number of carbonyl (C=O) groups is 2. The van der Waals surface area contributed by atoms with Gasteiger partial charge in [0.1, 0.15) is 23.2 Å². The van der Waals surface area contributed by atoms with Crippen molar-refractivity contribution in [2.75, 3.05) is 5.32 Å². The average Bonchev–Trinajstić information content (AvgIpc) is 3.99. The number of hydrogen-bond acceptors (Lipinski definition) is 8. The van der Waals surface area contributed by atoms with Gasteiger partial charge in [-0.3, -0.25) is 9.59 Å². The Morgan fingerprint density at radius 2 is 1.83 bits per heavy atom. The molecule has 5 aliphatic rings. The lowest BCUT2D eigenvalue weighted by molar-refractivity contribution is -0.131. The summed E-state index contributed by atoms with van der Waals surface area (Å²) in [7, 11) is 0. The summed E-state index contributed by atoms with van der Waals surface area (Å²) in [5.41, 5.74) is 7.05. The van der Waals surface area contributed by atoms with Crippen LogP contribution in [0.15, 0.2) is 75.8 Å². The number of carbonyl (C=O) groups excluding carboxylic acids is 2. The maximum absolute atomic E-state index is 14.2. The SMILES string of the molecule is CC(C)C1NC(=O)[C@@H](NC(=O)C2CCCC2)Cc2ccc3c(c2)C24c5cccc(c5NC2O3)-c2cccc3[nH]cc(c23)-c2cnc(o2)-c2nc1oc24. The van der Waals surface area contributed by atoms with E-state index in [1.807, 2.05) is 32.2 Å². The molecule has 260 valence electrons. The van der Waals surface area contributed by atoms with Crippen LogP contribution in [0.1, 0.15) is 73.9 Å². The predicted molar refractivity (Wildman–Crippen MR) is 192 cm³/mol. The highest BCUT2D eigenvalue weighted by Crippen LogP contribution is 2.61. The summed E-state index contributed by atoms with van der Waals surface area (Å²) in [5.74, 6) is 1.92. The predicted octanol–water partition coefficient (Wildman–Crippen LogP) is 6.98. The zero-order chi connectivity index (χ0) is 34.9. The number of amides is 2. The first-order valence-electron chi connectivity index (χ1n) is 18.3. The number of hydrogen-bond donors (Lipinski definition) is 4. The van der Waals surface area contributed by atoms with E-state index in [0.29, 0.717) is 41.2 Å². The van der Waals surface area contributed by atoms with Gasteiger partial charge < -0.3 is 34.5 Å². The van der Waals surface area contributed by atoms with E-state index in [9.17, 15) is 9.59 Å². The fraction of sp³-hybridized carbons (Fsp3) is 0.317. The van der Waals surface area contributed by atoms with E-state index in [1.54, 1.807) is 6.20 Å². The molecule has 3 unspecified atom stereocenters. The van der Waals surface area contributed by atoms with Crippen LogP contribution >= 0.6 is 0 Å². The number of ether oxygens (including phenoxy) is 1. The van der Waals surface area contributed by atoms with Crippen molar-refractivity contribution in [1.82, 2.24) is 25.6 Å². The molecule has 6 aromatic rings. The second-order valence-corrected chi connectivity index (χ2v) is 15.2. The van der Waals surface area contributed by atoms with Gasteiger partial charge in [0.15, 0.2) is 23.4 Å². The van der Waals surface area contributed by atoms with Crippen molar-refractivity contribution in [1.29, 1.82) is 0 Å². The lowest BCUT2D eigenvalue weighted by Crippen LogP contribution is -2.50. The van der Waals surface area contributed by atoms with Crippen molar-refractivity contribution in [3.05, 3.63) is 95.3 Å². The molecule has 52 heavy (non-hydrogen) atoms. The van der Waals surface area contributed by atoms with Crippen LogP contribution in [0.5, 0.6) is 5.75 Å². The molecule has 1 saturated carbocycles. The van der Waals surface area contributed by atoms with Crippen molar-refractivity contribution in [2.24, 2.45) is 11.8 Å². The van der Waals surface area contributed by atoms with Crippen LogP contribution < -0.4 is 20.7 Å². The van der Waals surface area contributed by atoms with Crippen molar-refractivity contribution in [3.63, 3.8) is 0 Å². The van der Waals surface area contributed by atoms with Crippen LogP contribution in [-0.4, -0.2) is 39.0 Å². The molecule has 1 aliphatic carbocycles. The van der Waals surface area contributed by atoms with E-state index < -0.39 is 23.7 Å².